The van der Waals surface area contributed by atoms with Crippen LogP contribution in [0.5, 0.6) is 0 Å². The Bertz CT molecular complexity index is 802. The number of fused-ring (bicyclic) bond motifs is 3. The maximum Gasteiger partial charge on any atom is 0.191 e. The molecule has 0 radical (unpaired) electrons. The van der Waals surface area contributed by atoms with Gasteiger partial charge in [-0.15, -0.1) is 11.3 Å². The maximum absolute atomic E-state index is 6.17. The van der Waals surface area contributed by atoms with Crippen LogP contribution in [0.1, 0.15) is 44.6 Å². The molecular weight excluding hydrogens is 366 g/mol. The lowest BCUT2D eigenvalue weighted by Gasteiger charge is -2.34. The zero-order valence-corrected chi connectivity index (χ0v) is 17.6. The lowest BCUT2D eigenvalue weighted by molar-refractivity contribution is -0.0543. The van der Waals surface area contributed by atoms with Gasteiger partial charge in [-0.2, -0.15) is 0 Å². The fourth-order valence-corrected chi connectivity index (χ4v) is 5.39. The molecular formula is C19H27N3O2S2. The van der Waals surface area contributed by atoms with Gasteiger partial charge in [0.1, 0.15) is 10.6 Å². The molecule has 0 aliphatic carbocycles. The Balaban J connectivity index is 1.85. The summed E-state index contributed by atoms with van der Waals surface area (Å²) in [6, 6.07) is 0. The number of nitrogens with zero attached hydrogens (tertiary/aromatic N) is 3. The number of thioether (sulfide) groups is 1. The summed E-state index contributed by atoms with van der Waals surface area (Å²) in [5.41, 5.74) is 1.32. The Labute approximate surface area is 163 Å². The number of ether oxygens (including phenoxy) is 2. The molecule has 0 unspecified atom stereocenters. The van der Waals surface area contributed by atoms with Crippen molar-refractivity contribution in [3.05, 3.63) is 10.4 Å². The van der Waals surface area contributed by atoms with Crippen LogP contribution in [-0.4, -0.2) is 47.1 Å². The quantitative estimate of drug-likeness (QED) is 0.571. The number of rotatable bonds is 4. The minimum Gasteiger partial charge on any atom is -0.378 e. The number of morpholine rings is 1. The van der Waals surface area contributed by atoms with Gasteiger partial charge >= 0.3 is 0 Å². The van der Waals surface area contributed by atoms with E-state index in [0.717, 1.165) is 54.9 Å². The van der Waals surface area contributed by atoms with Gasteiger partial charge in [0.2, 0.25) is 0 Å². The molecule has 142 valence electrons. The third-order valence-corrected chi connectivity index (χ3v) is 7.16. The van der Waals surface area contributed by atoms with Gasteiger partial charge in [-0.3, -0.25) is 0 Å². The highest BCUT2D eigenvalue weighted by molar-refractivity contribution is 7.99. The van der Waals surface area contributed by atoms with Gasteiger partial charge in [0, 0.05) is 29.6 Å². The first-order valence-corrected chi connectivity index (χ1v) is 11.1. The topological polar surface area (TPSA) is 47.5 Å². The third-order valence-electron chi connectivity index (χ3n) is 5.20. The summed E-state index contributed by atoms with van der Waals surface area (Å²) >= 11 is 3.52. The first-order chi connectivity index (χ1) is 12.5. The number of anilines is 1. The summed E-state index contributed by atoms with van der Waals surface area (Å²) in [4.78, 5) is 14.7. The van der Waals surface area contributed by atoms with E-state index in [1.807, 2.05) is 0 Å². The van der Waals surface area contributed by atoms with E-state index in [9.17, 15) is 0 Å². The molecule has 0 aromatic carbocycles. The van der Waals surface area contributed by atoms with E-state index in [1.165, 1.54) is 15.8 Å². The Hall–Kier alpha value is -0.890. The summed E-state index contributed by atoms with van der Waals surface area (Å²) in [6.45, 7) is 12.8. The van der Waals surface area contributed by atoms with Crippen molar-refractivity contribution in [2.24, 2.45) is 0 Å². The second kappa shape index (κ2) is 7.26. The molecule has 2 aliphatic rings. The molecule has 1 saturated heterocycles. The van der Waals surface area contributed by atoms with Crippen LogP contribution in [0.4, 0.5) is 5.82 Å². The molecule has 2 aliphatic heterocycles. The average molecular weight is 394 g/mol. The van der Waals surface area contributed by atoms with Gasteiger partial charge in [0.25, 0.3) is 0 Å². The summed E-state index contributed by atoms with van der Waals surface area (Å²) in [5, 5.41) is 2.60. The molecule has 2 aromatic rings. The van der Waals surface area contributed by atoms with Crippen molar-refractivity contribution < 1.29 is 9.47 Å². The largest absolute Gasteiger partial charge is 0.378 e. The maximum atomic E-state index is 6.17. The summed E-state index contributed by atoms with van der Waals surface area (Å²) in [7, 11) is 0. The summed E-state index contributed by atoms with van der Waals surface area (Å²) in [6.07, 6.45) is 1.95. The van der Waals surface area contributed by atoms with Gasteiger partial charge < -0.3 is 14.4 Å². The molecule has 7 heteroatoms. The Morgan fingerprint density at radius 3 is 2.73 bits per heavy atom. The molecule has 26 heavy (non-hydrogen) atoms. The highest BCUT2D eigenvalue weighted by Gasteiger charge is 2.34. The van der Waals surface area contributed by atoms with Crippen molar-refractivity contribution >= 4 is 39.1 Å². The van der Waals surface area contributed by atoms with E-state index in [4.69, 9.17) is 19.4 Å². The van der Waals surface area contributed by atoms with Crippen LogP contribution in [-0.2, 0) is 22.5 Å². The lowest BCUT2D eigenvalue weighted by Crippen LogP contribution is -2.37. The van der Waals surface area contributed by atoms with E-state index in [0.29, 0.717) is 11.9 Å². The molecule has 0 N–H and O–H groups in total. The molecule has 4 rings (SSSR count). The van der Waals surface area contributed by atoms with Crippen LogP contribution in [0, 0.1) is 0 Å². The number of thiophene rings is 1. The minimum absolute atomic E-state index is 0.0887. The SMILES string of the molecule is CC[C@@]1(C)Cc2c(sc3nc(SC(C)C)nc(N4CCOCC4)c23)CO1. The van der Waals surface area contributed by atoms with E-state index in [-0.39, 0.29) is 5.60 Å². The zero-order chi connectivity index (χ0) is 18.3. The van der Waals surface area contributed by atoms with Crippen LogP contribution in [0.2, 0.25) is 0 Å². The van der Waals surface area contributed by atoms with Crippen LogP contribution in [0.25, 0.3) is 10.2 Å². The predicted octanol–water partition coefficient (Wildman–Crippen LogP) is 4.27. The third kappa shape index (κ3) is 3.46. The van der Waals surface area contributed by atoms with Gasteiger partial charge in [-0.25, -0.2) is 9.97 Å². The van der Waals surface area contributed by atoms with Gasteiger partial charge in [0.05, 0.1) is 30.8 Å². The number of hydrogen-bond donors (Lipinski definition) is 0. The Morgan fingerprint density at radius 1 is 1.27 bits per heavy atom. The van der Waals surface area contributed by atoms with E-state index < -0.39 is 0 Å². The van der Waals surface area contributed by atoms with E-state index >= 15 is 0 Å². The first kappa shape index (κ1) is 18.5. The zero-order valence-electron chi connectivity index (χ0n) is 16.0. The molecule has 4 heterocycles. The number of aromatic nitrogens is 2. The minimum atomic E-state index is -0.0887. The Kier molecular flexibility index (Phi) is 5.16. The fraction of sp³-hybridized carbons (Fsp3) is 0.684. The Morgan fingerprint density at radius 2 is 2.04 bits per heavy atom. The van der Waals surface area contributed by atoms with Crippen molar-refractivity contribution in [1.82, 2.24) is 9.97 Å². The molecule has 0 saturated carbocycles. The van der Waals surface area contributed by atoms with Crippen LogP contribution >= 0.6 is 23.1 Å². The first-order valence-electron chi connectivity index (χ1n) is 9.44. The predicted molar refractivity (Wildman–Crippen MR) is 109 cm³/mol. The average Bonchev–Trinajstić information content (AvgIpc) is 2.98. The summed E-state index contributed by atoms with van der Waals surface area (Å²) < 4.78 is 11.7. The van der Waals surface area contributed by atoms with Crippen molar-refractivity contribution in [2.75, 3.05) is 31.2 Å². The smallest absolute Gasteiger partial charge is 0.191 e. The van der Waals surface area contributed by atoms with Crippen molar-refractivity contribution in [3.63, 3.8) is 0 Å². The normalized spacial score (nSPS) is 23.7. The molecule has 0 amide bonds. The van der Waals surface area contributed by atoms with Crippen molar-refractivity contribution in [3.8, 4) is 0 Å². The van der Waals surface area contributed by atoms with Crippen LogP contribution in [0.15, 0.2) is 5.16 Å². The highest BCUT2D eigenvalue weighted by atomic mass is 32.2. The second-order valence-corrected chi connectivity index (χ2v) is 10.2. The molecule has 0 spiro atoms. The summed E-state index contributed by atoms with van der Waals surface area (Å²) in [5.74, 6) is 1.10. The molecule has 1 fully saturated rings. The van der Waals surface area contributed by atoms with Crippen molar-refractivity contribution in [2.45, 2.75) is 63.2 Å². The van der Waals surface area contributed by atoms with Crippen LogP contribution < -0.4 is 4.90 Å². The van der Waals surface area contributed by atoms with Crippen molar-refractivity contribution in [1.29, 1.82) is 0 Å². The van der Waals surface area contributed by atoms with Gasteiger partial charge in [0.15, 0.2) is 5.16 Å². The standard InChI is InChI=1S/C19H27N3O2S2/c1-5-19(4)10-13-14(11-24-19)26-17-15(13)16(22-6-8-23-9-7-22)20-18(21-17)25-12(2)3/h12H,5-11H2,1-4H3/t19-/m0/s1. The molecule has 0 bridgehead atoms. The monoisotopic (exact) mass is 393 g/mol. The molecule has 2 aromatic heterocycles. The van der Waals surface area contributed by atoms with Gasteiger partial charge in [-0.05, 0) is 18.9 Å². The molecule has 5 nitrogen and oxygen atoms in total. The van der Waals surface area contributed by atoms with E-state index in [2.05, 4.69) is 32.6 Å². The highest BCUT2D eigenvalue weighted by Crippen LogP contribution is 2.43. The van der Waals surface area contributed by atoms with Crippen LogP contribution in [0.3, 0.4) is 0 Å². The fourth-order valence-electron chi connectivity index (χ4n) is 3.53. The van der Waals surface area contributed by atoms with E-state index in [1.54, 1.807) is 23.1 Å². The lowest BCUT2D eigenvalue weighted by atomic mass is 9.90. The molecule has 1 atom stereocenters. The van der Waals surface area contributed by atoms with Gasteiger partial charge in [-0.1, -0.05) is 32.5 Å². The number of hydrogen-bond acceptors (Lipinski definition) is 7. The second-order valence-electron chi connectivity index (χ2n) is 7.55.